The van der Waals surface area contributed by atoms with Gasteiger partial charge in [-0.1, -0.05) is 0 Å². The van der Waals surface area contributed by atoms with Crippen LogP contribution in [0.4, 0.5) is 18.9 Å². The monoisotopic (exact) mass is 387 g/mol. The van der Waals surface area contributed by atoms with Gasteiger partial charge in [-0.15, -0.1) is 0 Å². The van der Waals surface area contributed by atoms with E-state index in [0.717, 1.165) is 9.13 Å². The average Bonchev–Trinajstić information content (AvgIpc) is 2.27. The summed E-state index contributed by atoms with van der Waals surface area (Å²) < 4.78 is 40.8. The molecule has 1 aromatic carbocycles. The molecular weight excluding hydrogens is 374 g/mol. The lowest BCUT2D eigenvalue weighted by Gasteiger charge is -2.10. The van der Waals surface area contributed by atoms with Crippen LogP contribution in [0.1, 0.15) is 12.0 Å². The summed E-state index contributed by atoms with van der Waals surface area (Å²) in [6.45, 7) is 0.259. The van der Waals surface area contributed by atoms with Gasteiger partial charge in [-0.25, -0.2) is 0 Å². The number of hydrogen-bond donors (Lipinski definition) is 1. The van der Waals surface area contributed by atoms with Gasteiger partial charge in [-0.2, -0.15) is 13.2 Å². The summed E-state index contributed by atoms with van der Waals surface area (Å²) in [6.07, 6.45) is -4.47. The van der Waals surface area contributed by atoms with Crippen molar-refractivity contribution in [3.05, 3.63) is 27.3 Å². The van der Waals surface area contributed by atoms with Crippen molar-refractivity contribution in [2.75, 3.05) is 18.5 Å². The van der Waals surface area contributed by atoms with Crippen LogP contribution in [0.15, 0.2) is 18.2 Å². The molecule has 0 aliphatic rings. The van der Waals surface area contributed by atoms with E-state index in [0.29, 0.717) is 5.69 Å². The second-order valence-electron chi connectivity index (χ2n) is 3.93. The topological polar surface area (TPSA) is 38.3 Å². The fourth-order valence-electron chi connectivity index (χ4n) is 1.33. The number of ether oxygens (including phenoxy) is 1. The highest BCUT2D eigenvalue weighted by molar-refractivity contribution is 14.1. The first kappa shape index (κ1) is 16.2. The minimum absolute atomic E-state index is 0.110. The van der Waals surface area contributed by atoms with Crippen molar-refractivity contribution in [2.24, 2.45) is 0 Å². The summed E-state index contributed by atoms with van der Waals surface area (Å²) in [4.78, 5) is 11.5. The van der Waals surface area contributed by atoms with Crippen LogP contribution in [0.3, 0.4) is 0 Å². The van der Waals surface area contributed by atoms with Crippen molar-refractivity contribution in [3.63, 3.8) is 0 Å². The van der Waals surface area contributed by atoms with Crippen LogP contribution in [0, 0.1) is 10.5 Å². The fraction of sp³-hybridized carbons (Fsp3) is 0.417. The predicted octanol–water partition coefficient (Wildman–Crippen LogP) is 3.51. The van der Waals surface area contributed by atoms with E-state index in [4.69, 9.17) is 0 Å². The highest BCUT2D eigenvalue weighted by atomic mass is 127. The lowest BCUT2D eigenvalue weighted by atomic mass is 10.2. The van der Waals surface area contributed by atoms with Crippen LogP contribution in [-0.4, -0.2) is 25.3 Å². The molecule has 0 aliphatic carbocycles. The van der Waals surface area contributed by atoms with Crippen LogP contribution < -0.4 is 5.32 Å². The maximum Gasteiger partial charge on any atom is 0.411 e. The fourth-order valence-corrected chi connectivity index (χ4v) is 1.98. The van der Waals surface area contributed by atoms with Crippen LogP contribution in [-0.2, 0) is 9.53 Å². The molecule has 0 saturated heterocycles. The van der Waals surface area contributed by atoms with E-state index in [1.807, 2.05) is 19.1 Å². The SMILES string of the molecule is Cc1cc(I)ccc1NC(=O)CCOCC(F)(F)F. The quantitative estimate of drug-likeness (QED) is 0.621. The van der Waals surface area contributed by atoms with Crippen LogP contribution in [0.5, 0.6) is 0 Å². The lowest BCUT2D eigenvalue weighted by molar-refractivity contribution is -0.174. The van der Waals surface area contributed by atoms with Gasteiger partial charge in [-0.05, 0) is 53.3 Å². The first-order valence-electron chi connectivity index (χ1n) is 5.48. The Labute approximate surface area is 122 Å². The van der Waals surface area contributed by atoms with Gasteiger partial charge in [0.2, 0.25) is 5.91 Å². The first-order valence-corrected chi connectivity index (χ1v) is 6.56. The van der Waals surface area contributed by atoms with Gasteiger partial charge in [0.1, 0.15) is 6.61 Å². The molecule has 19 heavy (non-hydrogen) atoms. The molecular formula is C12H13F3INO2. The number of hydrogen-bond acceptors (Lipinski definition) is 2. The third kappa shape index (κ3) is 6.76. The van der Waals surface area contributed by atoms with E-state index >= 15 is 0 Å². The number of benzene rings is 1. The highest BCUT2D eigenvalue weighted by Gasteiger charge is 2.27. The molecule has 1 aromatic rings. The Morgan fingerprint density at radius 3 is 2.68 bits per heavy atom. The van der Waals surface area contributed by atoms with Crippen molar-refractivity contribution >= 4 is 34.2 Å². The molecule has 106 valence electrons. The molecule has 0 spiro atoms. The zero-order chi connectivity index (χ0) is 14.5. The molecule has 1 amide bonds. The molecule has 7 heteroatoms. The highest BCUT2D eigenvalue weighted by Crippen LogP contribution is 2.18. The Hall–Kier alpha value is -0.830. The molecule has 0 atom stereocenters. The van der Waals surface area contributed by atoms with Crippen molar-refractivity contribution in [1.29, 1.82) is 0 Å². The van der Waals surface area contributed by atoms with Crippen molar-refractivity contribution < 1.29 is 22.7 Å². The Kier molecular flexibility index (Phi) is 6.05. The third-order valence-corrected chi connectivity index (χ3v) is 2.87. The summed E-state index contributed by atoms with van der Waals surface area (Å²) in [5.41, 5.74) is 1.55. The first-order chi connectivity index (χ1) is 8.78. The van der Waals surface area contributed by atoms with E-state index in [-0.39, 0.29) is 18.9 Å². The second-order valence-corrected chi connectivity index (χ2v) is 5.17. The van der Waals surface area contributed by atoms with Crippen molar-refractivity contribution in [1.82, 2.24) is 0 Å². The van der Waals surface area contributed by atoms with Gasteiger partial charge in [0, 0.05) is 9.26 Å². The molecule has 1 N–H and O–H groups in total. The Balaban J connectivity index is 2.35. The van der Waals surface area contributed by atoms with E-state index in [2.05, 4.69) is 32.6 Å². The second kappa shape index (κ2) is 7.09. The maximum atomic E-state index is 11.8. The molecule has 0 saturated carbocycles. The summed E-state index contributed by atoms with van der Waals surface area (Å²) >= 11 is 2.15. The number of aryl methyl sites for hydroxylation is 1. The number of carbonyl (C=O) groups excluding carboxylic acids is 1. The summed E-state index contributed by atoms with van der Waals surface area (Å²) in [5.74, 6) is -0.369. The molecule has 0 aliphatic heterocycles. The van der Waals surface area contributed by atoms with Crippen LogP contribution in [0.25, 0.3) is 0 Å². The number of anilines is 1. The average molecular weight is 387 g/mol. The van der Waals surface area contributed by atoms with Gasteiger partial charge in [0.05, 0.1) is 13.0 Å². The van der Waals surface area contributed by atoms with Gasteiger partial charge < -0.3 is 10.1 Å². The molecule has 1 rings (SSSR count). The molecule has 0 bridgehead atoms. The maximum absolute atomic E-state index is 11.8. The van der Waals surface area contributed by atoms with Crippen molar-refractivity contribution in [2.45, 2.75) is 19.5 Å². The number of alkyl halides is 3. The normalized spacial score (nSPS) is 11.4. The molecule has 0 heterocycles. The van der Waals surface area contributed by atoms with E-state index in [1.165, 1.54) is 0 Å². The smallest absolute Gasteiger partial charge is 0.372 e. The minimum atomic E-state index is -4.36. The van der Waals surface area contributed by atoms with Crippen LogP contribution >= 0.6 is 22.6 Å². The van der Waals surface area contributed by atoms with Gasteiger partial charge >= 0.3 is 6.18 Å². The van der Waals surface area contributed by atoms with Crippen LogP contribution in [0.2, 0.25) is 0 Å². The van der Waals surface area contributed by atoms with E-state index in [1.54, 1.807) is 6.07 Å². The zero-order valence-electron chi connectivity index (χ0n) is 10.2. The molecule has 0 fully saturated rings. The Bertz CT molecular complexity index is 449. The van der Waals surface area contributed by atoms with Crippen molar-refractivity contribution in [3.8, 4) is 0 Å². The number of amides is 1. The minimum Gasteiger partial charge on any atom is -0.372 e. The Morgan fingerprint density at radius 1 is 1.42 bits per heavy atom. The largest absolute Gasteiger partial charge is 0.411 e. The predicted molar refractivity (Wildman–Crippen MR) is 74.0 cm³/mol. The lowest BCUT2D eigenvalue weighted by Crippen LogP contribution is -2.20. The molecule has 0 radical (unpaired) electrons. The number of halogens is 4. The van der Waals surface area contributed by atoms with Gasteiger partial charge in [-0.3, -0.25) is 4.79 Å². The molecule has 0 unspecified atom stereocenters. The Morgan fingerprint density at radius 2 is 2.11 bits per heavy atom. The van der Waals surface area contributed by atoms with E-state index < -0.39 is 12.8 Å². The third-order valence-electron chi connectivity index (χ3n) is 2.20. The van der Waals surface area contributed by atoms with Gasteiger partial charge in [0.25, 0.3) is 0 Å². The standard InChI is InChI=1S/C12H13F3INO2/c1-8-6-9(16)2-3-10(8)17-11(18)4-5-19-7-12(13,14)15/h2-3,6H,4-5,7H2,1H3,(H,17,18). The summed E-state index contributed by atoms with van der Waals surface area (Å²) in [7, 11) is 0. The number of carbonyl (C=O) groups is 1. The zero-order valence-corrected chi connectivity index (χ0v) is 12.3. The summed E-state index contributed by atoms with van der Waals surface area (Å²) in [5, 5.41) is 2.63. The molecule has 3 nitrogen and oxygen atoms in total. The number of rotatable bonds is 5. The van der Waals surface area contributed by atoms with E-state index in [9.17, 15) is 18.0 Å². The van der Waals surface area contributed by atoms with Gasteiger partial charge in [0.15, 0.2) is 0 Å². The number of nitrogens with one attached hydrogen (secondary N) is 1. The summed E-state index contributed by atoms with van der Waals surface area (Å²) in [6, 6.07) is 5.49. The molecule has 0 aromatic heterocycles.